The minimum absolute atomic E-state index is 0.477. The lowest BCUT2D eigenvalue weighted by Crippen LogP contribution is -2.03. The summed E-state index contributed by atoms with van der Waals surface area (Å²) < 4.78 is 0. The van der Waals surface area contributed by atoms with Crippen LogP contribution in [0.5, 0.6) is 0 Å². The summed E-state index contributed by atoms with van der Waals surface area (Å²) in [6.45, 7) is 16.1. The highest BCUT2D eigenvalue weighted by Gasteiger charge is 2.21. The highest BCUT2D eigenvalue weighted by molar-refractivity contribution is 7.38. The Labute approximate surface area is 195 Å². The van der Waals surface area contributed by atoms with Crippen LogP contribution >= 0.6 is 8.19 Å². The SMILES string of the molecule is Cc1ccc(-c2cc3ccccc3c(-c3c(C(C)C)cc(C(C)C)cc3C(C)C)p2)cc1. The van der Waals surface area contributed by atoms with Crippen LogP contribution in [0.1, 0.15) is 81.5 Å². The van der Waals surface area contributed by atoms with Gasteiger partial charge in [-0.25, -0.2) is 0 Å². The van der Waals surface area contributed by atoms with Crippen LogP contribution in [0.4, 0.5) is 0 Å². The summed E-state index contributed by atoms with van der Waals surface area (Å²) in [6.07, 6.45) is 0. The number of benzene rings is 3. The first kappa shape index (κ1) is 22.8. The molecule has 0 aliphatic carbocycles. The summed E-state index contributed by atoms with van der Waals surface area (Å²) in [6, 6.07) is 25.3. The maximum absolute atomic E-state index is 2.48. The van der Waals surface area contributed by atoms with Crippen LogP contribution in [-0.4, -0.2) is 0 Å². The van der Waals surface area contributed by atoms with Gasteiger partial charge >= 0.3 is 0 Å². The fourth-order valence-corrected chi connectivity index (χ4v) is 5.91. The zero-order chi connectivity index (χ0) is 23.0. The minimum atomic E-state index is 0.477. The minimum Gasteiger partial charge on any atom is -0.0616 e. The van der Waals surface area contributed by atoms with Crippen LogP contribution in [0.3, 0.4) is 0 Å². The van der Waals surface area contributed by atoms with E-state index in [-0.39, 0.29) is 0 Å². The van der Waals surface area contributed by atoms with Crippen LogP contribution in [0, 0.1) is 6.92 Å². The van der Waals surface area contributed by atoms with Crippen molar-refractivity contribution in [2.24, 2.45) is 0 Å². The quantitative estimate of drug-likeness (QED) is 0.291. The van der Waals surface area contributed by atoms with Gasteiger partial charge in [0.25, 0.3) is 0 Å². The molecule has 0 spiro atoms. The van der Waals surface area contributed by atoms with Crippen molar-refractivity contribution >= 4 is 19.0 Å². The summed E-state index contributed by atoms with van der Waals surface area (Å²) in [4.78, 5) is 0. The van der Waals surface area contributed by atoms with Gasteiger partial charge < -0.3 is 0 Å². The Morgan fingerprint density at radius 2 is 1.25 bits per heavy atom. The van der Waals surface area contributed by atoms with Crippen molar-refractivity contribution in [3.8, 4) is 21.7 Å². The van der Waals surface area contributed by atoms with Crippen LogP contribution in [0.25, 0.3) is 32.5 Å². The van der Waals surface area contributed by atoms with Crippen molar-refractivity contribution < 1.29 is 0 Å². The van der Waals surface area contributed by atoms with Gasteiger partial charge in [-0.1, -0.05) is 116 Å². The van der Waals surface area contributed by atoms with Crippen LogP contribution < -0.4 is 0 Å². The summed E-state index contributed by atoms with van der Waals surface area (Å²) in [7, 11) is 1.30. The first-order valence-electron chi connectivity index (χ1n) is 11.9. The molecule has 164 valence electrons. The number of aryl methyl sites for hydroxylation is 1. The molecule has 0 atom stereocenters. The highest BCUT2D eigenvalue weighted by Crippen LogP contribution is 2.48. The second kappa shape index (κ2) is 9.21. The smallest absolute Gasteiger partial charge is 0.0180 e. The Morgan fingerprint density at radius 1 is 0.656 bits per heavy atom. The molecular formula is C31H35P. The molecule has 0 radical (unpaired) electrons. The average Bonchev–Trinajstić information content (AvgIpc) is 2.77. The van der Waals surface area contributed by atoms with Gasteiger partial charge in [-0.15, -0.1) is 0 Å². The lowest BCUT2D eigenvalue weighted by Gasteiger charge is -2.24. The van der Waals surface area contributed by atoms with E-state index >= 15 is 0 Å². The van der Waals surface area contributed by atoms with E-state index in [9.17, 15) is 0 Å². The van der Waals surface area contributed by atoms with Crippen molar-refractivity contribution in [2.45, 2.75) is 66.2 Å². The topological polar surface area (TPSA) is 0 Å². The van der Waals surface area contributed by atoms with Crippen molar-refractivity contribution in [3.63, 3.8) is 0 Å². The molecule has 0 bridgehead atoms. The van der Waals surface area contributed by atoms with Crippen LogP contribution in [0.2, 0.25) is 0 Å². The molecule has 0 saturated carbocycles. The van der Waals surface area contributed by atoms with E-state index in [0.717, 1.165) is 0 Å². The molecule has 4 rings (SSSR count). The Balaban J connectivity index is 2.10. The van der Waals surface area contributed by atoms with E-state index in [0.29, 0.717) is 17.8 Å². The molecule has 0 amide bonds. The van der Waals surface area contributed by atoms with E-state index in [1.807, 2.05) is 0 Å². The van der Waals surface area contributed by atoms with Gasteiger partial charge in [-0.2, -0.15) is 0 Å². The van der Waals surface area contributed by atoms with Gasteiger partial charge in [-0.3, -0.25) is 0 Å². The number of rotatable bonds is 5. The zero-order valence-corrected chi connectivity index (χ0v) is 21.4. The Hall–Kier alpha value is -2.43. The molecule has 0 N–H and O–H groups in total. The van der Waals surface area contributed by atoms with E-state index < -0.39 is 0 Å². The summed E-state index contributed by atoms with van der Waals surface area (Å²) in [5.74, 6) is 1.48. The molecule has 1 heterocycles. The molecular weight excluding hydrogens is 403 g/mol. The number of fused-ring (bicyclic) bond motifs is 1. The maximum atomic E-state index is 2.48. The molecule has 0 nitrogen and oxygen atoms in total. The third-order valence-electron chi connectivity index (χ3n) is 6.46. The molecule has 1 heteroatoms. The summed E-state index contributed by atoms with van der Waals surface area (Å²) in [5.41, 5.74) is 8.54. The monoisotopic (exact) mass is 438 g/mol. The predicted molar refractivity (Wildman–Crippen MR) is 144 cm³/mol. The summed E-state index contributed by atoms with van der Waals surface area (Å²) in [5, 5.41) is 5.55. The highest BCUT2D eigenvalue weighted by atomic mass is 31.0. The molecule has 1 aromatic heterocycles. The standard InChI is InChI=1S/C31H35P/c1-19(2)25-16-27(20(3)4)30(28(17-25)21(5)6)31-26-11-9-8-10-24(26)18-29(32-31)23-14-12-22(7)13-15-23/h8-21H,1-7H3. The molecule has 0 aliphatic heterocycles. The van der Waals surface area contributed by atoms with Crippen molar-refractivity contribution in [3.05, 3.63) is 89.0 Å². The molecule has 3 aromatic carbocycles. The predicted octanol–water partition coefficient (Wildman–Crippen LogP) is 10.4. The molecule has 0 fully saturated rings. The van der Waals surface area contributed by atoms with E-state index in [1.54, 1.807) is 0 Å². The largest absolute Gasteiger partial charge is 0.0616 e. The van der Waals surface area contributed by atoms with Crippen molar-refractivity contribution in [1.82, 2.24) is 0 Å². The lowest BCUT2D eigenvalue weighted by atomic mass is 9.83. The Bertz CT molecular complexity index is 1210. The van der Waals surface area contributed by atoms with E-state index in [2.05, 4.69) is 115 Å². The first-order valence-corrected chi connectivity index (χ1v) is 12.8. The van der Waals surface area contributed by atoms with Gasteiger partial charge in [-0.05, 0) is 69.3 Å². The first-order chi connectivity index (χ1) is 15.3. The normalized spacial score (nSPS) is 12.1. The van der Waals surface area contributed by atoms with Gasteiger partial charge in [0.2, 0.25) is 0 Å². The molecule has 0 aliphatic rings. The maximum Gasteiger partial charge on any atom is 0.0180 e. The van der Waals surface area contributed by atoms with Crippen molar-refractivity contribution in [1.29, 1.82) is 0 Å². The zero-order valence-electron chi connectivity index (χ0n) is 20.5. The second-order valence-corrected chi connectivity index (χ2v) is 11.1. The van der Waals surface area contributed by atoms with Crippen LogP contribution in [-0.2, 0) is 0 Å². The van der Waals surface area contributed by atoms with E-state index in [1.165, 1.54) is 62.9 Å². The third kappa shape index (κ3) is 4.39. The third-order valence-corrected chi connectivity index (χ3v) is 7.77. The Morgan fingerprint density at radius 3 is 1.81 bits per heavy atom. The van der Waals surface area contributed by atoms with Crippen LogP contribution in [0.15, 0.2) is 66.7 Å². The van der Waals surface area contributed by atoms with Gasteiger partial charge in [0, 0.05) is 10.6 Å². The Kier molecular flexibility index (Phi) is 6.55. The van der Waals surface area contributed by atoms with Gasteiger partial charge in [0.15, 0.2) is 0 Å². The average molecular weight is 439 g/mol. The fraction of sp³-hybridized carbons (Fsp3) is 0.323. The molecule has 32 heavy (non-hydrogen) atoms. The fourth-order valence-electron chi connectivity index (χ4n) is 4.49. The van der Waals surface area contributed by atoms with E-state index in [4.69, 9.17) is 0 Å². The second-order valence-electron chi connectivity index (χ2n) is 9.98. The van der Waals surface area contributed by atoms with Crippen molar-refractivity contribution in [2.75, 3.05) is 0 Å². The molecule has 0 unspecified atom stereocenters. The van der Waals surface area contributed by atoms with Gasteiger partial charge in [0.05, 0.1) is 0 Å². The molecule has 0 saturated heterocycles. The lowest BCUT2D eigenvalue weighted by molar-refractivity contribution is 0.808. The summed E-state index contributed by atoms with van der Waals surface area (Å²) >= 11 is 0. The number of hydrogen-bond acceptors (Lipinski definition) is 0. The number of hydrogen-bond donors (Lipinski definition) is 0. The molecule has 4 aromatic rings. The van der Waals surface area contributed by atoms with Gasteiger partial charge in [0.1, 0.15) is 0 Å².